The van der Waals surface area contributed by atoms with Crippen LogP contribution in [0.5, 0.6) is 0 Å². The zero-order valence-corrected chi connectivity index (χ0v) is 13.5. The minimum atomic E-state index is -0.0197. The van der Waals surface area contributed by atoms with Crippen molar-refractivity contribution in [1.29, 1.82) is 0 Å². The summed E-state index contributed by atoms with van der Waals surface area (Å²) >= 11 is 1.57. The Morgan fingerprint density at radius 1 is 1.09 bits per heavy atom. The van der Waals surface area contributed by atoms with Crippen molar-refractivity contribution < 1.29 is 4.79 Å². The molecule has 0 bridgehead atoms. The maximum atomic E-state index is 11.6. The number of hydrogen-bond acceptors (Lipinski definition) is 3. The van der Waals surface area contributed by atoms with E-state index in [0.717, 1.165) is 22.8 Å². The molecular weight excluding hydrogens is 294 g/mol. The first-order valence-electron chi connectivity index (χ1n) is 7.28. The molecule has 0 unspecified atom stereocenters. The first-order chi connectivity index (χ1) is 10.6. The largest absolute Gasteiger partial charge is 0.336 e. The molecule has 4 nitrogen and oxygen atoms in total. The molecule has 2 N–H and O–H groups in total. The lowest BCUT2D eigenvalue weighted by Gasteiger charge is -2.14. The third kappa shape index (κ3) is 3.36. The lowest BCUT2D eigenvalue weighted by atomic mass is 10.1. The van der Waals surface area contributed by atoms with E-state index in [1.165, 1.54) is 11.1 Å². The molecule has 3 rings (SSSR count). The van der Waals surface area contributed by atoms with Gasteiger partial charge in [0.1, 0.15) is 0 Å². The fourth-order valence-corrected chi connectivity index (χ4v) is 3.19. The fourth-order valence-electron chi connectivity index (χ4n) is 2.56. The Labute approximate surface area is 135 Å². The second-order valence-electron chi connectivity index (χ2n) is 5.46. The highest BCUT2D eigenvalue weighted by Crippen LogP contribution is 2.25. The van der Waals surface area contributed by atoms with Crippen LogP contribution in [0.4, 0.5) is 16.2 Å². The van der Waals surface area contributed by atoms with E-state index in [4.69, 9.17) is 0 Å². The molecular formula is C17H19N3OS. The molecule has 1 aliphatic rings. The summed E-state index contributed by atoms with van der Waals surface area (Å²) in [6.07, 6.45) is 0. The van der Waals surface area contributed by atoms with Crippen molar-refractivity contribution in [2.24, 2.45) is 0 Å². The van der Waals surface area contributed by atoms with Crippen LogP contribution in [-0.2, 0) is 0 Å². The van der Waals surface area contributed by atoms with Crippen LogP contribution >= 0.6 is 11.9 Å². The van der Waals surface area contributed by atoms with Gasteiger partial charge in [0.25, 0.3) is 0 Å². The molecule has 2 aromatic carbocycles. The molecule has 0 atom stereocenters. The van der Waals surface area contributed by atoms with Crippen molar-refractivity contribution in [3.05, 3.63) is 53.6 Å². The van der Waals surface area contributed by atoms with Gasteiger partial charge in [-0.1, -0.05) is 6.07 Å². The molecule has 0 aliphatic carbocycles. The lowest BCUT2D eigenvalue weighted by Crippen LogP contribution is -2.27. The predicted octanol–water partition coefficient (Wildman–Crippen LogP) is 3.95. The lowest BCUT2D eigenvalue weighted by molar-refractivity contribution is 0.252. The molecule has 0 radical (unpaired) electrons. The van der Waals surface area contributed by atoms with Gasteiger partial charge in [0, 0.05) is 29.4 Å². The molecule has 1 fully saturated rings. The Kier molecular flexibility index (Phi) is 4.24. The number of aryl methyl sites for hydroxylation is 2. The minimum Gasteiger partial charge on any atom is -0.336 e. The summed E-state index contributed by atoms with van der Waals surface area (Å²) in [4.78, 5) is 14.5. The van der Waals surface area contributed by atoms with Crippen molar-refractivity contribution >= 4 is 29.4 Å². The predicted molar refractivity (Wildman–Crippen MR) is 92.6 cm³/mol. The highest BCUT2D eigenvalue weighted by molar-refractivity contribution is 8.00. The molecule has 114 valence electrons. The second kappa shape index (κ2) is 6.32. The molecule has 1 aliphatic heterocycles. The summed E-state index contributed by atoms with van der Waals surface area (Å²) in [5.74, 6) is 0. The number of hydrogen-bond donors (Lipinski definition) is 2. The number of nitrogens with one attached hydrogen (secondary N) is 2. The van der Waals surface area contributed by atoms with Crippen molar-refractivity contribution in [3.8, 4) is 0 Å². The molecule has 5 heteroatoms. The van der Waals surface area contributed by atoms with Gasteiger partial charge in [0.05, 0.1) is 0 Å². The average molecular weight is 313 g/mol. The van der Waals surface area contributed by atoms with E-state index in [1.54, 1.807) is 16.8 Å². The van der Waals surface area contributed by atoms with Crippen LogP contribution in [0.3, 0.4) is 0 Å². The Balaban J connectivity index is 1.65. The van der Waals surface area contributed by atoms with Crippen molar-refractivity contribution in [1.82, 2.24) is 5.32 Å². The van der Waals surface area contributed by atoms with Crippen molar-refractivity contribution in [2.75, 3.05) is 22.7 Å². The first kappa shape index (κ1) is 14.8. The summed E-state index contributed by atoms with van der Waals surface area (Å²) < 4.78 is 3.36. The summed E-state index contributed by atoms with van der Waals surface area (Å²) in [5, 5.41) is 2.81. The standard InChI is InChI=1S/C17H19N3OS/c1-12-9-13(2)11-14(10-12)19-22-16-5-3-15(4-6-16)20-8-7-18-17(20)21/h3-6,9-11,19H,7-8H2,1-2H3,(H,18,21). The quantitative estimate of drug-likeness (QED) is 0.840. The van der Waals surface area contributed by atoms with Gasteiger partial charge in [-0.25, -0.2) is 4.79 Å². The number of carbonyl (C=O) groups is 1. The van der Waals surface area contributed by atoms with Crippen LogP contribution in [0.25, 0.3) is 0 Å². The van der Waals surface area contributed by atoms with Crippen LogP contribution in [0.1, 0.15) is 11.1 Å². The van der Waals surface area contributed by atoms with E-state index >= 15 is 0 Å². The van der Waals surface area contributed by atoms with Gasteiger partial charge >= 0.3 is 6.03 Å². The molecule has 0 aromatic heterocycles. The number of carbonyl (C=O) groups excluding carboxylic acids is 1. The second-order valence-corrected chi connectivity index (χ2v) is 6.34. The molecule has 0 saturated carbocycles. The molecule has 2 amide bonds. The third-order valence-corrected chi connectivity index (χ3v) is 4.36. The van der Waals surface area contributed by atoms with E-state index in [2.05, 4.69) is 42.1 Å². The number of nitrogens with zero attached hydrogens (tertiary/aromatic N) is 1. The summed E-state index contributed by atoms with van der Waals surface area (Å²) in [6.45, 7) is 5.63. The van der Waals surface area contributed by atoms with Gasteiger partial charge in [-0.05, 0) is 73.3 Å². The van der Waals surface area contributed by atoms with E-state index in [-0.39, 0.29) is 6.03 Å². The Bertz CT molecular complexity index is 665. The SMILES string of the molecule is Cc1cc(C)cc(NSc2ccc(N3CCNC3=O)cc2)c1. The Hall–Kier alpha value is -2.14. The molecule has 0 spiro atoms. The van der Waals surface area contributed by atoms with Gasteiger partial charge in [-0.3, -0.25) is 4.90 Å². The topological polar surface area (TPSA) is 44.4 Å². The smallest absolute Gasteiger partial charge is 0.321 e. The van der Waals surface area contributed by atoms with Gasteiger partial charge in [-0.2, -0.15) is 0 Å². The summed E-state index contributed by atoms with van der Waals surface area (Å²) in [7, 11) is 0. The fraction of sp³-hybridized carbons (Fsp3) is 0.235. The minimum absolute atomic E-state index is 0.0197. The van der Waals surface area contributed by atoms with E-state index in [9.17, 15) is 4.79 Å². The first-order valence-corrected chi connectivity index (χ1v) is 8.10. The number of urea groups is 1. The number of benzene rings is 2. The number of anilines is 2. The van der Waals surface area contributed by atoms with Gasteiger partial charge in [0.15, 0.2) is 0 Å². The highest BCUT2D eigenvalue weighted by Gasteiger charge is 2.20. The Morgan fingerprint density at radius 2 is 1.77 bits per heavy atom. The maximum Gasteiger partial charge on any atom is 0.321 e. The Morgan fingerprint density at radius 3 is 2.36 bits per heavy atom. The molecule has 1 heterocycles. The van der Waals surface area contributed by atoms with Gasteiger partial charge in [0.2, 0.25) is 0 Å². The van der Waals surface area contributed by atoms with Gasteiger partial charge in [-0.15, -0.1) is 0 Å². The molecule has 1 saturated heterocycles. The molecule has 2 aromatic rings. The van der Waals surface area contributed by atoms with Gasteiger partial charge < -0.3 is 10.0 Å². The molecule has 22 heavy (non-hydrogen) atoms. The van der Waals surface area contributed by atoms with Crippen LogP contribution in [0, 0.1) is 13.8 Å². The maximum absolute atomic E-state index is 11.6. The summed E-state index contributed by atoms with van der Waals surface area (Å²) in [6, 6.07) is 14.4. The third-order valence-electron chi connectivity index (χ3n) is 3.51. The van der Waals surface area contributed by atoms with Crippen molar-refractivity contribution in [3.63, 3.8) is 0 Å². The number of rotatable bonds is 4. The van der Waals surface area contributed by atoms with E-state index in [0.29, 0.717) is 6.54 Å². The average Bonchev–Trinajstić information content (AvgIpc) is 2.91. The van der Waals surface area contributed by atoms with Crippen LogP contribution in [0.15, 0.2) is 47.4 Å². The normalized spacial score (nSPS) is 14.1. The number of amides is 2. The van der Waals surface area contributed by atoms with Crippen LogP contribution in [0.2, 0.25) is 0 Å². The monoisotopic (exact) mass is 313 g/mol. The van der Waals surface area contributed by atoms with Crippen LogP contribution < -0.4 is 14.9 Å². The van der Waals surface area contributed by atoms with Crippen molar-refractivity contribution in [2.45, 2.75) is 18.7 Å². The summed E-state index contributed by atoms with van der Waals surface area (Å²) in [5.41, 5.74) is 4.54. The zero-order chi connectivity index (χ0) is 15.5. The highest BCUT2D eigenvalue weighted by atomic mass is 32.2. The van der Waals surface area contributed by atoms with Crippen LogP contribution in [-0.4, -0.2) is 19.1 Å². The van der Waals surface area contributed by atoms with E-state index < -0.39 is 0 Å². The zero-order valence-electron chi connectivity index (χ0n) is 12.7. The van der Waals surface area contributed by atoms with E-state index in [1.807, 2.05) is 24.3 Å².